The Hall–Kier alpha value is -0.730. The third-order valence-corrected chi connectivity index (χ3v) is 1.69. The first-order valence-corrected chi connectivity index (χ1v) is 3.80. The smallest absolute Gasteiger partial charge is 0.115 e. The van der Waals surface area contributed by atoms with Gasteiger partial charge in [0.15, 0.2) is 0 Å². The molecule has 0 aromatic heterocycles. The predicted molar refractivity (Wildman–Crippen MR) is 43.8 cm³/mol. The van der Waals surface area contributed by atoms with Crippen molar-refractivity contribution >= 4 is 11.6 Å². The van der Waals surface area contributed by atoms with Gasteiger partial charge in [0.2, 0.25) is 0 Å². The zero-order chi connectivity index (χ0) is 8.27. The van der Waals surface area contributed by atoms with Crippen molar-refractivity contribution in [1.82, 2.24) is 0 Å². The summed E-state index contributed by atoms with van der Waals surface area (Å²) < 4.78 is 0. The molecule has 3 heteroatoms. The van der Waals surface area contributed by atoms with Crippen LogP contribution >= 0.6 is 11.6 Å². The molecule has 0 aliphatic heterocycles. The fourth-order valence-corrected chi connectivity index (χ4v) is 0.999. The second kappa shape index (κ2) is 3.60. The number of benzene rings is 1. The number of aliphatic hydroxyl groups excluding tert-OH is 1. The van der Waals surface area contributed by atoms with Gasteiger partial charge >= 0.3 is 0 Å². The van der Waals surface area contributed by atoms with Crippen LogP contribution in [0.15, 0.2) is 24.3 Å². The monoisotopic (exact) mass is 172 g/mol. The Bertz CT molecular complexity index is 237. The summed E-state index contributed by atoms with van der Waals surface area (Å²) in [5.41, 5.74) is 0.639. The van der Waals surface area contributed by atoms with Crippen molar-refractivity contribution in [2.24, 2.45) is 0 Å². The van der Waals surface area contributed by atoms with Gasteiger partial charge in [0.1, 0.15) is 5.75 Å². The lowest BCUT2D eigenvalue weighted by Gasteiger charge is -2.05. The fourth-order valence-electron chi connectivity index (χ4n) is 0.821. The van der Waals surface area contributed by atoms with Gasteiger partial charge < -0.3 is 10.2 Å². The summed E-state index contributed by atoms with van der Waals surface area (Å²) in [4.78, 5) is 0. The molecule has 0 saturated heterocycles. The predicted octanol–water partition coefficient (Wildman–Crippen LogP) is 1.66. The van der Waals surface area contributed by atoms with Crippen molar-refractivity contribution in [3.8, 4) is 5.75 Å². The Balaban J connectivity index is 2.86. The van der Waals surface area contributed by atoms with Gasteiger partial charge in [-0.15, -0.1) is 11.6 Å². The highest BCUT2D eigenvalue weighted by atomic mass is 35.5. The highest BCUT2D eigenvalue weighted by Crippen LogP contribution is 2.18. The van der Waals surface area contributed by atoms with E-state index in [0.717, 1.165) is 0 Å². The molecule has 2 nitrogen and oxygen atoms in total. The number of halogens is 1. The Morgan fingerprint density at radius 1 is 1.45 bits per heavy atom. The quantitative estimate of drug-likeness (QED) is 0.667. The van der Waals surface area contributed by atoms with Crippen LogP contribution in [0.4, 0.5) is 0 Å². The van der Waals surface area contributed by atoms with Crippen LogP contribution in [0.25, 0.3) is 0 Å². The molecule has 0 heterocycles. The largest absolute Gasteiger partial charge is 0.508 e. The third-order valence-electron chi connectivity index (χ3n) is 1.40. The number of rotatable bonds is 2. The van der Waals surface area contributed by atoms with Gasteiger partial charge in [-0.05, 0) is 17.7 Å². The van der Waals surface area contributed by atoms with E-state index >= 15 is 0 Å². The van der Waals surface area contributed by atoms with Crippen molar-refractivity contribution in [1.29, 1.82) is 0 Å². The number of alkyl halides is 1. The van der Waals surface area contributed by atoms with Gasteiger partial charge in [0.25, 0.3) is 0 Å². The van der Waals surface area contributed by atoms with E-state index in [1.54, 1.807) is 18.2 Å². The van der Waals surface area contributed by atoms with Gasteiger partial charge in [-0.1, -0.05) is 12.1 Å². The molecule has 0 amide bonds. The van der Waals surface area contributed by atoms with E-state index in [1.807, 2.05) is 0 Å². The molecule has 0 spiro atoms. The van der Waals surface area contributed by atoms with Gasteiger partial charge in [-0.2, -0.15) is 0 Å². The maximum Gasteiger partial charge on any atom is 0.115 e. The Kier molecular flexibility index (Phi) is 2.74. The molecule has 1 aromatic rings. The van der Waals surface area contributed by atoms with E-state index in [4.69, 9.17) is 16.7 Å². The summed E-state index contributed by atoms with van der Waals surface area (Å²) >= 11 is 5.41. The van der Waals surface area contributed by atoms with Crippen LogP contribution in [0, 0.1) is 0 Å². The molecule has 1 atom stereocenters. The van der Waals surface area contributed by atoms with Crippen LogP contribution in [-0.4, -0.2) is 16.1 Å². The zero-order valence-electron chi connectivity index (χ0n) is 5.87. The second-order valence-corrected chi connectivity index (χ2v) is 2.57. The number of phenolic OH excluding ortho intramolecular Hbond substituents is 1. The third kappa shape index (κ3) is 2.10. The van der Waals surface area contributed by atoms with Crippen molar-refractivity contribution in [2.45, 2.75) is 6.10 Å². The fraction of sp³-hybridized carbons (Fsp3) is 0.250. The first kappa shape index (κ1) is 8.37. The van der Waals surface area contributed by atoms with Gasteiger partial charge in [0.05, 0.1) is 12.0 Å². The van der Waals surface area contributed by atoms with Gasteiger partial charge in [-0.3, -0.25) is 0 Å². The van der Waals surface area contributed by atoms with E-state index < -0.39 is 6.10 Å². The molecule has 0 aliphatic carbocycles. The number of aliphatic hydroxyl groups is 1. The number of phenols is 1. The van der Waals surface area contributed by atoms with Crippen molar-refractivity contribution in [3.63, 3.8) is 0 Å². The summed E-state index contributed by atoms with van der Waals surface area (Å²) in [5.74, 6) is 0.287. The SMILES string of the molecule is Oc1cccc([C@H](O)CCl)c1. The summed E-state index contributed by atoms with van der Waals surface area (Å²) in [5, 5.41) is 18.2. The lowest BCUT2D eigenvalue weighted by Crippen LogP contribution is -1.97. The number of hydrogen-bond donors (Lipinski definition) is 2. The highest BCUT2D eigenvalue weighted by Gasteiger charge is 2.04. The van der Waals surface area contributed by atoms with Crippen LogP contribution in [0.2, 0.25) is 0 Å². The normalized spacial score (nSPS) is 12.9. The van der Waals surface area contributed by atoms with E-state index in [1.165, 1.54) is 6.07 Å². The molecule has 60 valence electrons. The van der Waals surface area contributed by atoms with Crippen molar-refractivity contribution in [2.75, 3.05) is 5.88 Å². The van der Waals surface area contributed by atoms with Crippen LogP contribution in [0.5, 0.6) is 5.75 Å². The molecule has 11 heavy (non-hydrogen) atoms. The first-order valence-electron chi connectivity index (χ1n) is 3.27. The molecule has 0 radical (unpaired) electrons. The zero-order valence-corrected chi connectivity index (χ0v) is 6.62. The molecular weight excluding hydrogens is 164 g/mol. The van der Waals surface area contributed by atoms with Gasteiger partial charge in [-0.25, -0.2) is 0 Å². The Morgan fingerprint density at radius 3 is 2.73 bits per heavy atom. The minimum atomic E-state index is -0.691. The number of aromatic hydroxyl groups is 1. The van der Waals surface area contributed by atoms with Crippen LogP contribution in [0.3, 0.4) is 0 Å². The molecule has 0 unspecified atom stereocenters. The van der Waals surface area contributed by atoms with E-state index in [0.29, 0.717) is 5.56 Å². The summed E-state index contributed by atoms with van der Waals surface area (Å²) in [6.07, 6.45) is -0.691. The maximum atomic E-state index is 9.21. The summed E-state index contributed by atoms with van der Waals surface area (Å²) in [6.45, 7) is 0. The number of hydrogen-bond acceptors (Lipinski definition) is 2. The standard InChI is InChI=1S/C8H9ClO2/c9-5-8(11)6-2-1-3-7(10)4-6/h1-4,8,10-11H,5H2/t8-/m1/s1. The van der Waals surface area contributed by atoms with E-state index in [9.17, 15) is 5.11 Å². The minimum Gasteiger partial charge on any atom is -0.508 e. The van der Waals surface area contributed by atoms with Gasteiger partial charge in [0, 0.05) is 0 Å². The van der Waals surface area contributed by atoms with Crippen LogP contribution in [-0.2, 0) is 0 Å². The Labute approximate surface area is 70.1 Å². The Morgan fingerprint density at radius 2 is 2.18 bits per heavy atom. The van der Waals surface area contributed by atoms with Crippen molar-refractivity contribution < 1.29 is 10.2 Å². The molecule has 2 N–H and O–H groups in total. The van der Waals surface area contributed by atoms with Crippen LogP contribution < -0.4 is 0 Å². The van der Waals surface area contributed by atoms with E-state index in [-0.39, 0.29) is 11.6 Å². The second-order valence-electron chi connectivity index (χ2n) is 2.27. The lowest BCUT2D eigenvalue weighted by molar-refractivity contribution is 0.202. The molecule has 1 rings (SSSR count). The molecule has 0 bridgehead atoms. The average molecular weight is 173 g/mol. The topological polar surface area (TPSA) is 40.5 Å². The van der Waals surface area contributed by atoms with Crippen molar-refractivity contribution in [3.05, 3.63) is 29.8 Å². The highest BCUT2D eigenvalue weighted by molar-refractivity contribution is 6.18. The van der Waals surface area contributed by atoms with Crippen LogP contribution in [0.1, 0.15) is 11.7 Å². The lowest BCUT2D eigenvalue weighted by atomic mass is 10.1. The van der Waals surface area contributed by atoms with E-state index in [2.05, 4.69) is 0 Å². The summed E-state index contributed by atoms with van der Waals surface area (Å²) in [7, 11) is 0. The maximum absolute atomic E-state index is 9.21. The average Bonchev–Trinajstić information content (AvgIpc) is 2.03. The molecule has 1 aromatic carbocycles. The molecular formula is C8H9ClO2. The first-order chi connectivity index (χ1) is 5.24. The summed E-state index contributed by atoms with van der Waals surface area (Å²) in [6, 6.07) is 6.42. The molecule has 0 aliphatic rings. The minimum absolute atomic E-state index is 0.142. The molecule has 0 saturated carbocycles. The molecule has 0 fully saturated rings.